The number of piperidine rings is 1. The number of amides is 2. The van der Waals surface area contributed by atoms with Gasteiger partial charge in [0, 0.05) is 26.2 Å². The summed E-state index contributed by atoms with van der Waals surface area (Å²) in [5, 5.41) is 4.14. The smallest absolute Gasteiger partial charge is 0.267 e. The lowest BCUT2D eigenvalue weighted by molar-refractivity contribution is -0.184. The Morgan fingerprint density at radius 1 is 1.21 bits per heavy atom. The molecule has 29 heavy (non-hydrogen) atoms. The minimum Gasteiger partial charge on any atom is -0.364 e. The molecular formula is C21H24N4O4. The maximum absolute atomic E-state index is 12.9. The van der Waals surface area contributed by atoms with E-state index in [1.165, 1.54) is 10.7 Å². The molecule has 0 saturated carbocycles. The van der Waals surface area contributed by atoms with Crippen molar-refractivity contribution in [1.82, 2.24) is 19.6 Å². The van der Waals surface area contributed by atoms with Gasteiger partial charge in [-0.25, -0.2) is 4.68 Å². The molecule has 0 spiro atoms. The number of rotatable bonds is 3. The predicted octanol–water partition coefficient (Wildman–Crippen LogP) is 0.537. The fourth-order valence-corrected chi connectivity index (χ4v) is 4.34. The molecule has 2 aliphatic rings. The molecule has 0 aliphatic carbocycles. The van der Waals surface area contributed by atoms with E-state index in [9.17, 15) is 14.4 Å². The first kappa shape index (κ1) is 19.3. The first-order valence-electron chi connectivity index (χ1n) is 9.68. The Hall–Kier alpha value is -3.00. The largest absolute Gasteiger partial charge is 0.364 e. The molecule has 2 amide bonds. The zero-order valence-corrected chi connectivity index (χ0v) is 16.6. The molecule has 3 heterocycles. The van der Waals surface area contributed by atoms with Gasteiger partial charge in [-0.3, -0.25) is 14.4 Å². The molecule has 1 aromatic carbocycles. The fourth-order valence-electron chi connectivity index (χ4n) is 4.34. The van der Waals surface area contributed by atoms with Gasteiger partial charge in [-0.2, -0.15) is 5.10 Å². The van der Waals surface area contributed by atoms with Crippen LogP contribution in [0.3, 0.4) is 0 Å². The van der Waals surface area contributed by atoms with E-state index in [4.69, 9.17) is 4.74 Å². The minimum absolute atomic E-state index is 0.00330. The van der Waals surface area contributed by atoms with Crippen molar-refractivity contribution in [2.75, 3.05) is 26.7 Å². The van der Waals surface area contributed by atoms with Crippen LogP contribution in [0.4, 0.5) is 0 Å². The van der Waals surface area contributed by atoms with Crippen molar-refractivity contribution in [3.8, 4) is 0 Å². The van der Waals surface area contributed by atoms with Crippen LogP contribution in [-0.4, -0.2) is 64.2 Å². The number of fused-ring (bicyclic) bond motifs is 1. The quantitative estimate of drug-likeness (QED) is 0.756. The Morgan fingerprint density at radius 2 is 1.97 bits per heavy atom. The van der Waals surface area contributed by atoms with E-state index in [0.717, 1.165) is 5.56 Å². The SMILES string of the molecule is Cc1ccc(=O)n(CC(=O)N2CC[C@]3(c4ccccc4)[C@@H](C2)OCC(=O)N3C)n1. The van der Waals surface area contributed by atoms with E-state index in [0.29, 0.717) is 25.2 Å². The van der Waals surface area contributed by atoms with Crippen molar-refractivity contribution in [3.05, 3.63) is 64.1 Å². The number of aromatic nitrogens is 2. The second-order valence-electron chi connectivity index (χ2n) is 7.60. The Morgan fingerprint density at radius 3 is 2.72 bits per heavy atom. The van der Waals surface area contributed by atoms with Crippen LogP contribution in [0.15, 0.2) is 47.3 Å². The highest BCUT2D eigenvalue weighted by molar-refractivity contribution is 5.80. The molecule has 8 heteroatoms. The molecule has 4 rings (SSSR count). The zero-order valence-electron chi connectivity index (χ0n) is 16.6. The average Bonchev–Trinajstić information content (AvgIpc) is 2.74. The van der Waals surface area contributed by atoms with Crippen molar-refractivity contribution in [3.63, 3.8) is 0 Å². The molecule has 0 radical (unpaired) electrons. The van der Waals surface area contributed by atoms with Gasteiger partial charge in [0.25, 0.3) is 5.56 Å². The van der Waals surface area contributed by atoms with E-state index in [2.05, 4.69) is 5.10 Å². The van der Waals surface area contributed by atoms with Crippen LogP contribution < -0.4 is 5.56 Å². The Kier molecular flexibility index (Phi) is 4.96. The molecule has 1 aromatic heterocycles. The Labute approximate surface area is 168 Å². The number of likely N-dealkylation sites (tertiary alicyclic amines) is 1. The summed E-state index contributed by atoms with van der Waals surface area (Å²) in [6.07, 6.45) is 0.221. The van der Waals surface area contributed by atoms with Crippen molar-refractivity contribution in [2.24, 2.45) is 0 Å². The number of carbonyl (C=O) groups excluding carboxylic acids is 2. The van der Waals surface area contributed by atoms with Crippen LogP contribution in [0, 0.1) is 6.92 Å². The van der Waals surface area contributed by atoms with Gasteiger partial charge in [-0.15, -0.1) is 0 Å². The summed E-state index contributed by atoms with van der Waals surface area (Å²) in [7, 11) is 1.80. The van der Waals surface area contributed by atoms with Gasteiger partial charge in [0.2, 0.25) is 11.8 Å². The van der Waals surface area contributed by atoms with Crippen molar-refractivity contribution in [2.45, 2.75) is 31.5 Å². The van der Waals surface area contributed by atoms with Crippen LogP contribution in [0.2, 0.25) is 0 Å². The monoisotopic (exact) mass is 396 g/mol. The number of benzene rings is 1. The van der Waals surface area contributed by atoms with Crippen LogP contribution in [0.25, 0.3) is 0 Å². The molecule has 8 nitrogen and oxygen atoms in total. The number of likely N-dealkylation sites (N-methyl/N-ethyl adjacent to an activating group) is 1. The van der Waals surface area contributed by atoms with Gasteiger partial charge in [-0.1, -0.05) is 30.3 Å². The number of ether oxygens (including phenoxy) is 1. The summed E-state index contributed by atoms with van der Waals surface area (Å²) in [4.78, 5) is 40.8. The first-order chi connectivity index (χ1) is 13.9. The van der Waals surface area contributed by atoms with Crippen LogP contribution in [0.1, 0.15) is 17.7 Å². The van der Waals surface area contributed by atoms with Crippen LogP contribution in [0.5, 0.6) is 0 Å². The van der Waals surface area contributed by atoms with Gasteiger partial charge in [0.05, 0.1) is 11.2 Å². The third kappa shape index (κ3) is 3.33. The number of aryl methyl sites for hydroxylation is 1. The topological polar surface area (TPSA) is 84.7 Å². The lowest BCUT2D eigenvalue weighted by atomic mass is 9.76. The number of carbonyl (C=O) groups is 2. The van der Waals surface area contributed by atoms with Crippen LogP contribution in [-0.2, 0) is 26.4 Å². The standard InChI is InChI=1S/C21H24N4O4/c1-15-8-9-18(26)25(22-15)13-19(27)24-11-10-21(16-6-4-3-5-7-16)17(12-24)29-14-20(28)23(21)2/h3-9,17H,10-14H2,1-2H3/t17-,21+/m1/s1. The van der Waals surface area contributed by atoms with Gasteiger partial charge < -0.3 is 14.5 Å². The van der Waals surface area contributed by atoms with Gasteiger partial charge in [-0.05, 0) is 25.0 Å². The van der Waals surface area contributed by atoms with Crippen LogP contribution >= 0.6 is 0 Å². The molecule has 2 fully saturated rings. The average molecular weight is 396 g/mol. The van der Waals surface area contributed by atoms with Gasteiger partial charge in [0.1, 0.15) is 19.3 Å². The minimum atomic E-state index is -0.605. The second kappa shape index (κ2) is 7.44. The molecule has 0 N–H and O–H groups in total. The number of hydrogen-bond acceptors (Lipinski definition) is 5. The highest BCUT2D eigenvalue weighted by atomic mass is 16.5. The number of hydrogen-bond donors (Lipinski definition) is 0. The molecule has 2 aliphatic heterocycles. The Bertz CT molecular complexity index is 990. The van der Waals surface area contributed by atoms with Crippen molar-refractivity contribution < 1.29 is 14.3 Å². The molecule has 2 atom stereocenters. The molecular weight excluding hydrogens is 372 g/mol. The van der Waals surface area contributed by atoms with E-state index < -0.39 is 5.54 Å². The third-order valence-electron chi connectivity index (χ3n) is 5.97. The van der Waals surface area contributed by atoms with Gasteiger partial charge in [0.15, 0.2) is 0 Å². The highest BCUT2D eigenvalue weighted by Gasteiger charge is 2.53. The number of morpholine rings is 1. The second-order valence-corrected chi connectivity index (χ2v) is 7.60. The highest BCUT2D eigenvalue weighted by Crippen LogP contribution is 2.42. The summed E-state index contributed by atoms with van der Waals surface area (Å²) < 4.78 is 7.12. The molecule has 2 saturated heterocycles. The maximum Gasteiger partial charge on any atom is 0.267 e. The molecule has 152 valence electrons. The molecule has 0 bridgehead atoms. The van der Waals surface area contributed by atoms with E-state index in [1.807, 2.05) is 30.3 Å². The maximum atomic E-state index is 12.9. The summed E-state index contributed by atoms with van der Waals surface area (Å²) in [6.45, 7) is 2.48. The van der Waals surface area contributed by atoms with E-state index in [1.54, 1.807) is 29.8 Å². The normalized spacial score (nSPS) is 24.3. The summed E-state index contributed by atoms with van der Waals surface area (Å²) in [5.74, 6) is -0.254. The van der Waals surface area contributed by atoms with E-state index in [-0.39, 0.29) is 36.6 Å². The lowest BCUT2D eigenvalue weighted by Crippen LogP contribution is -2.67. The van der Waals surface area contributed by atoms with Crippen molar-refractivity contribution in [1.29, 1.82) is 0 Å². The fraction of sp³-hybridized carbons (Fsp3) is 0.429. The number of nitrogens with zero attached hydrogens (tertiary/aromatic N) is 4. The molecule has 2 aromatic rings. The summed E-state index contributed by atoms with van der Waals surface area (Å²) >= 11 is 0. The lowest BCUT2D eigenvalue weighted by Gasteiger charge is -2.54. The first-order valence-corrected chi connectivity index (χ1v) is 9.68. The molecule has 0 unspecified atom stereocenters. The summed E-state index contributed by atoms with van der Waals surface area (Å²) in [5.41, 5.74) is 0.768. The van der Waals surface area contributed by atoms with Gasteiger partial charge >= 0.3 is 0 Å². The third-order valence-corrected chi connectivity index (χ3v) is 5.97. The predicted molar refractivity (Wildman–Crippen MR) is 105 cm³/mol. The van der Waals surface area contributed by atoms with E-state index >= 15 is 0 Å². The zero-order chi connectivity index (χ0) is 20.6. The van der Waals surface area contributed by atoms with Crippen molar-refractivity contribution >= 4 is 11.8 Å². The Balaban J connectivity index is 1.58. The summed E-state index contributed by atoms with van der Waals surface area (Å²) in [6, 6.07) is 12.9.